The Bertz CT molecular complexity index is 673. The molecule has 2 rings (SSSR count). The fourth-order valence-corrected chi connectivity index (χ4v) is 3.56. The standard InChI is InChI=1S/C23H38N4O2/c1-18(2)23(29)27-14-9-7-5-6-8-12-24-17-20-16-19(10-11-21(20)27)22(28)25-13-15-26(3)4/h10-11,16,18,24H,5-9,12-15,17H2,1-4H3,(H,25,28). The van der Waals surface area contributed by atoms with Crippen LogP contribution in [0.5, 0.6) is 0 Å². The molecular weight excluding hydrogens is 364 g/mol. The highest BCUT2D eigenvalue weighted by Crippen LogP contribution is 2.25. The van der Waals surface area contributed by atoms with Crippen LogP contribution in [0.1, 0.15) is 61.9 Å². The molecule has 1 aliphatic rings. The van der Waals surface area contributed by atoms with Crippen molar-refractivity contribution in [1.29, 1.82) is 0 Å². The summed E-state index contributed by atoms with van der Waals surface area (Å²) in [6, 6.07) is 5.74. The molecule has 0 radical (unpaired) electrons. The van der Waals surface area contributed by atoms with E-state index in [1.165, 1.54) is 12.8 Å². The molecule has 2 amide bonds. The topological polar surface area (TPSA) is 64.7 Å². The predicted molar refractivity (Wildman–Crippen MR) is 119 cm³/mol. The lowest BCUT2D eigenvalue weighted by molar-refractivity contribution is -0.121. The third kappa shape index (κ3) is 7.44. The molecule has 0 saturated heterocycles. The molecule has 29 heavy (non-hydrogen) atoms. The molecule has 1 aromatic rings. The summed E-state index contributed by atoms with van der Waals surface area (Å²) >= 11 is 0. The maximum absolute atomic E-state index is 12.9. The third-order valence-electron chi connectivity index (χ3n) is 5.29. The second-order valence-electron chi connectivity index (χ2n) is 8.49. The third-order valence-corrected chi connectivity index (χ3v) is 5.29. The molecule has 0 spiro atoms. The largest absolute Gasteiger partial charge is 0.351 e. The maximum Gasteiger partial charge on any atom is 0.251 e. The minimum Gasteiger partial charge on any atom is -0.351 e. The van der Waals surface area contributed by atoms with Crippen LogP contribution in [0.4, 0.5) is 5.69 Å². The van der Waals surface area contributed by atoms with Gasteiger partial charge in [0.25, 0.3) is 5.91 Å². The lowest BCUT2D eigenvalue weighted by atomic mass is 10.0. The molecule has 162 valence electrons. The highest BCUT2D eigenvalue weighted by atomic mass is 16.2. The zero-order valence-electron chi connectivity index (χ0n) is 18.6. The normalized spacial score (nSPS) is 16.1. The Labute approximate surface area is 176 Å². The lowest BCUT2D eigenvalue weighted by Gasteiger charge is -2.28. The number of rotatable bonds is 5. The zero-order chi connectivity index (χ0) is 21.2. The fraction of sp³-hybridized carbons (Fsp3) is 0.652. The molecule has 6 nitrogen and oxygen atoms in total. The molecule has 0 unspecified atom stereocenters. The van der Waals surface area contributed by atoms with E-state index in [2.05, 4.69) is 10.6 Å². The van der Waals surface area contributed by atoms with Crippen molar-refractivity contribution >= 4 is 17.5 Å². The molecule has 2 N–H and O–H groups in total. The lowest BCUT2D eigenvalue weighted by Crippen LogP contribution is -2.36. The molecule has 1 aliphatic heterocycles. The average molecular weight is 403 g/mol. The average Bonchev–Trinajstić information content (AvgIpc) is 2.67. The Kier molecular flexibility index (Phi) is 9.61. The molecule has 0 aliphatic carbocycles. The van der Waals surface area contributed by atoms with Crippen LogP contribution in [0.3, 0.4) is 0 Å². The van der Waals surface area contributed by atoms with Crippen molar-refractivity contribution in [3.05, 3.63) is 29.3 Å². The Morgan fingerprint density at radius 3 is 2.59 bits per heavy atom. The molecule has 0 atom stereocenters. The number of amides is 2. The Balaban J connectivity index is 2.28. The summed E-state index contributed by atoms with van der Waals surface area (Å²) in [4.78, 5) is 29.5. The van der Waals surface area contributed by atoms with Crippen LogP contribution >= 0.6 is 0 Å². The first kappa shape index (κ1) is 23.4. The summed E-state index contributed by atoms with van der Waals surface area (Å²) in [6.45, 7) is 7.66. The minimum absolute atomic E-state index is 0.0577. The van der Waals surface area contributed by atoms with Gasteiger partial charge in [0.15, 0.2) is 0 Å². The van der Waals surface area contributed by atoms with Crippen LogP contribution in [-0.4, -0.2) is 57.0 Å². The first-order valence-electron chi connectivity index (χ1n) is 11.0. The number of carbonyl (C=O) groups is 2. The fourth-order valence-electron chi connectivity index (χ4n) is 3.56. The Hall–Kier alpha value is -1.92. The number of benzene rings is 1. The van der Waals surface area contributed by atoms with Crippen molar-refractivity contribution in [1.82, 2.24) is 15.5 Å². The van der Waals surface area contributed by atoms with Crippen molar-refractivity contribution in [3.63, 3.8) is 0 Å². The molecule has 0 saturated carbocycles. The van der Waals surface area contributed by atoms with Gasteiger partial charge in [-0.1, -0.05) is 33.1 Å². The molecule has 1 heterocycles. The van der Waals surface area contributed by atoms with Gasteiger partial charge in [-0.25, -0.2) is 0 Å². The van der Waals surface area contributed by atoms with Gasteiger partial charge in [-0.3, -0.25) is 9.59 Å². The van der Waals surface area contributed by atoms with E-state index in [-0.39, 0.29) is 17.7 Å². The van der Waals surface area contributed by atoms with Crippen LogP contribution in [0.25, 0.3) is 0 Å². The summed E-state index contributed by atoms with van der Waals surface area (Å²) in [5.41, 5.74) is 2.59. The van der Waals surface area contributed by atoms with Gasteiger partial charge in [-0.2, -0.15) is 0 Å². The number of fused-ring (bicyclic) bond motifs is 1. The maximum atomic E-state index is 12.9. The number of anilines is 1. The predicted octanol–water partition coefficient (Wildman–Crippen LogP) is 3.02. The van der Waals surface area contributed by atoms with Gasteiger partial charge in [0.2, 0.25) is 5.91 Å². The van der Waals surface area contributed by atoms with Gasteiger partial charge in [0, 0.05) is 43.3 Å². The van der Waals surface area contributed by atoms with Crippen LogP contribution in [-0.2, 0) is 11.3 Å². The number of hydrogen-bond donors (Lipinski definition) is 2. The van der Waals surface area contributed by atoms with E-state index in [9.17, 15) is 9.59 Å². The number of nitrogens with zero attached hydrogens (tertiary/aromatic N) is 2. The Morgan fingerprint density at radius 2 is 1.86 bits per heavy atom. The SMILES string of the molecule is CC(C)C(=O)N1CCCCCCCNCc2cc(C(=O)NCCN(C)C)ccc21. The molecule has 0 fully saturated rings. The smallest absolute Gasteiger partial charge is 0.251 e. The zero-order valence-corrected chi connectivity index (χ0v) is 18.6. The van der Waals surface area contributed by atoms with E-state index in [0.29, 0.717) is 18.7 Å². The highest BCUT2D eigenvalue weighted by molar-refractivity contribution is 5.98. The number of nitrogens with one attached hydrogen (secondary N) is 2. The van der Waals surface area contributed by atoms with Crippen LogP contribution in [0.15, 0.2) is 18.2 Å². The first-order valence-corrected chi connectivity index (χ1v) is 11.0. The molecular formula is C23H38N4O2. The minimum atomic E-state index is -0.0671. The van der Waals surface area contributed by atoms with Gasteiger partial charge in [-0.15, -0.1) is 0 Å². The van der Waals surface area contributed by atoms with E-state index in [1.807, 2.05) is 55.9 Å². The second kappa shape index (κ2) is 11.9. The summed E-state index contributed by atoms with van der Waals surface area (Å²) in [6.07, 6.45) is 5.74. The number of hydrogen-bond acceptors (Lipinski definition) is 4. The van der Waals surface area contributed by atoms with Crippen molar-refractivity contribution < 1.29 is 9.59 Å². The van der Waals surface area contributed by atoms with Crippen LogP contribution in [0, 0.1) is 5.92 Å². The van der Waals surface area contributed by atoms with Crippen LogP contribution < -0.4 is 15.5 Å². The summed E-state index contributed by atoms with van der Waals surface area (Å²) in [5, 5.41) is 6.47. The number of carbonyl (C=O) groups excluding carboxylic acids is 2. The van der Waals surface area contributed by atoms with Gasteiger partial charge < -0.3 is 20.4 Å². The summed E-state index contributed by atoms with van der Waals surface area (Å²) in [7, 11) is 3.97. The van der Waals surface area contributed by atoms with Gasteiger partial charge in [0.1, 0.15) is 0 Å². The van der Waals surface area contributed by atoms with Gasteiger partial charge in [-0.05, 0) is 57.2 Å². The van der Waals surface area contributed by atoms with E-state index in [0.717, 1.165) is 50.1 Å². The van der Waals surface area contributed by atoms with Crippen molar-refractivity contribution in [3.8, 4) is 0 Å². The second-order valence-corrected chi connectivity index (χ2v) is 8.49. The van der Waals surface area contributed by atoms with Gasteiger partial charge >= 0.3 is 0 Å². The monoisotopic (exact) mass is 402 g/mol. The first-order chi connectivity index (χ1) is 13.9. The molecule has 0 bridgehead atoms. The number of likely N-dealkylation sites (N-methyl/N-ethyl adjacent to an activating group) is 1. The van der Waals surface area contributed by atoms with E-state index >= 15 is 0 Å². The highest BCUT2D eigenvalue weighted by Gasteiger charge is 2.22. The molecule has 1 aromatic carbocycles. The van der Waals surface area contributed by atoms with Crippen molar-refractivity contribution in [2.75, 3.05) is 45.2 Å². The van der Waals surface area contributed by atoms with E-state index in [4.69, 9.17) is 0 Å². The van der Waals surface area contributed by atoms with E-state index < -0.39 is 0 Å². The van der Waals surface area contributed by atoms with Gasteiger partial charge in [0.05, 0.1) is 0 Å². The van der Waals surface area contributed by atoms with Crippen LogP contribution in [0.2, 0.25) is 0 Å². The molecule has 0 aromatic heterocycles. The summed E-state index contributed by atoms with van der Waals surface area (Å²) < 4.78 is 0. The Morgan fingerprint density at radius 1 is 1.14 bits per heavy atom. The quantitative estimate of drug-likeness (QED) is 0.795. The van der Waals surface area contributed by atoms with E-state index in [1.54, 1.807) is 0 Å². The summed E-state index contributed by atoms with van der Waals surface area (Å²) in [5.74, 6) is 0.0201. The molecule has 6 heteroatoms. The van der Waals surface area contributed by atoms with Crippen molar-refractivity contribution in [2.45, 2.75) is 52.5 Å². The van der Waals surface area contributed by atoms with Crippen molar-refractivity contribution in [2.24, 2.45) is 5.92 Å².